The van der Waals surface area contributed by atoms with Crippen molar-refractivity contribution in [1.29, 1.82) is 0 Å². The standard InChI is InChI=1S/C27H25ClN2O3/c1-4-33-22-12-10-21(11-13-22)29-25-24(23-14-5-17(2)15-18(23)3)26(31)30(27(25)32)16-19-6-8-20(28)9-7-19/h5-15,29H,4,16H2,1-3H3. The summed E-state index contributed by atoms with van der Waals surface area (Å²) in [7, 11) is 0. The minimum atomic E-state index is -0.362. The van der Waals surface area contributed by atoms with Gasteiger partial charge in [0.1, 0.15) is 11.4 Å². The summed E-state index contributed by atoms with van der Waals surface area (Å²) in [5.41, 5.74) is 4.93. The van der Waals surface area contributed by atoms with Gasteiger partial charge in [-0.1, -0.05) is 47.5 Å². The molecule has 1 aliphatic rings. The van der Waals surface area contributed by atoms with Crippen molar-refractivity contribution in [2.24, 2.45) is 0 Å². The normalized spacial score (nSPS) is 13.6. The topological polar surface area (TPSA) is 58.6 Å². The van der Waals surface area contributed by atoms with Crippen LogP contribution in [0, 0.1) is 13.8 Å². The Kier molecular flexibility index (Phi) is 6.52. The SMILES string of the molecule is CCOc1ccc(NC2=C(c3ccc(C)cc3C)C(=O)N(Cc3ccc(Cl)cc3)C2=O)cc1. The van der Waals surface area contributed by atoms with Crippen molar-refractivity contribution in [3.05, 3.63) is 99.7 Å². The minimum absolute atomic E-state index is 0.164. The third kappa shape index (κ3) is 4.78. The van der Waals surface area contributed by atoms with Gasteiger partial charge < -0.3 is 10.1 Å². The molecule has 0 fully saturated rings. The van der Waals surface area contributed by atoms with Crippen LogP contribution in [-0.4, -0.2) is 23.3 Å². The summed E-state index contributed by atoms with van der Waals surface area (Å²) in [6.07, 6.45) is 0. The van der Waals surface area contributed by atoms with E-state index in [1.165, 1.54) is 4.90 Å². The number of amides is 2. The molecule has 0 bridgehead atoms. The van der Waals surface area contributed by atoms with E-state index in [0.717, 1.165) is 28.0 Å². The molecule has 168 valence electrons. The van der Waals surface area contributed by atoms with Crippen LogP contribution in [0.25, 0.3) is 5.57 Å². The van der Waals surface area contributed by atoms with Crippen molar-refractivity contribution in [2.75, 3.05) is 11.9 Å². The van der Waals surface area contributed by atoms with Gasteiger partial charge in [0.05, 0.1) is 18.7 Å². The predicted molar refractivity (Wildman–Crippen MR) is 131 cm³/mol. The molecule has 2 amide bonds. The smallest absolute Gasteiger partial charge is 0.278 e. The van der Waals surface area contributed by atoms with E-state index < -0.39 is 0 Å². The Bertz CT molecular complexity index is 1230. The fourth-order valence-electron chi connectivity index (χ4n) is 3.90. The molecular weight excluding hydrogens is 436 g/mol. The van der Waals surface area contributed by atoms with Crippen LogP contribution >= 0.6 is 11.6 Å². The molecule has 3 aromatic rings. The van der Waals surface area contributed by atoms with Crippen LogP contribution in [0.5, 0.6) is 5.75 Å². The highest BCUT2D eigenvalue weighted by molar-refractivity contribution is 6.36. The first-order chi connectivity index (χ1) is 15.9. The molecule has 1 N–H and O–H groups in total. The second-order valence-electron chi connectivity index (χ2n) is 7.97. The summed E-state index contributed by atoms with van der Waals surface area (Å²) in [6.45, 7) is 6.60. The van der Waals surface area contributed by atoms with Gasteiger partial charge in [0.25, 0.3) is 11.8 Å². The predicted octanol–water partition coefficient (Wildman–Crippen LogP) is 5.75. The zero-order valence-electron chi connectivity index (χ0n) is 18.8. The number of carbonyl (C=O) groups is 2. The van der Waals surface area contributed by atoms with Gasteiger partial charge in [-0.25, -0.2) is 0 Å². The van der Waals surface area contributed by atoms with Crippen molar-refractivity contribution in [1.82, 2.24) is 4.90 Å². The summed E-state index contributed by atoms with van der Waals surface area (Å²) in [5, 5.41) is 3.80. The number of anilines is 1. The number of rotatable bonds is 7. The molecule has 0 saturated heterocycles. The Morgan fingerprint density at radius 1 is 0.909 bits per heavy atom. The Balaban J connectivity index is 1.72. The number of carbonyl (C=O) groups excluding carboxylic acids is 2. The first-order valence-corrected chi connectivity index (χ1v) is 11.2. The lowest BCUT2D eigenvalue weighted by Crippen LogP contribution is -2.32. The lowest BCUT2D eigenvalue weighted by molar-refractivity contribution is -0.137. The van der Waals surface area contributed by atoms with Gasteiger partial charge in [0, 0.05) is 10.7 Å². The third-order valence-electron chi connectivity index (χ3n) is 5.51. The number of aryl methyl sites for hydroxylation is 2. The maximum atomic E-state index is 13.5. The van der Waals surface area contributed by atoms with E-state index in [2.05, 4.69) is 5.32 Å². The summed E-state index contributed by atoms with van der Waals surface area (Å²) in [6, 6.07) is 20.3. The van der Waals surface area contributed by atoms with Crippen molar-refractivity contribution < 1.29 is 14.3 Å². The Morgan fingerprint density at radius 3 is 2.24 bits per heavy atom. The molecule has 1 aliphatic heterocycles. The second-order valence-corrected chi connectivity index (χ2v) is 8.41. The zero-order valence-corrected chi connectivity index (χ0v) is 19.6. The van der Waals surface area contributed by atoms with Crippen LogP contribution < -0.4 is 10.1 Å². The van der Waals surface area contributed by atoms with Gasteiger partial charge in [-0.15, -0.1) is 0 Å². The number of halogens is 1. The monoisotopic (exact) mass is 460 g/mol. The Labute approximate surface area is 198 Å². The summed E-state index contributed by atoms with van der Waals surface area (Å²) < 4.78 is 5.50. The van der Waals surface area contributed by atoms with Gasteiger partial charge in [-0.05, 0) is 73.9 Å². The maximum Gasteiger partial charge on any atom is 0.278 e. The molecule has 5 nitrogen and oxygen atoms in total. The summed E-state index contributed by atoms with van der Waals surface area (Å²) in [4.78, 5) is 28.3. The van der Waals surface area contributed by atoms with Crippen molar-refractivity contribution in [2.45, 2.75) is 27.3 Å². The summed E-state index contributed by atoms with van der Waals surface area (Å²) >= 11 is 5.99. The van der Waals surface area contributed by atoms with Crippen LogP contribution in [0.15, 0.2) is 72.4 Å². The number of ether oxygens (including phenoxy) is 1. The number of benzene rings is 3. The van der Waals surface area contributed by atoms with Crippen molar-refractivity contribution in [3.63, 3.8) is 0 Å². The van der Waals surface area contributed by atoms with Gasteiger partial charge in [-0.3, -0.25) is 14.5 Å². The van der Waals surface area contributed by atoms with E-state index >= 15 is 0 Å². The molecule has 1 heterocycles. The van der Waals surface area contributed by atoms with E-state index in [1.807, 2.05) is 75.4 Å². The van der Waals surface area contributed by atoms with Crippen LogP contribution in [0.2, 0.25) is 5.02 Å². The lowest BCUT2D eigenvalue weighted by Gasteiger charge is -2.16. The summed E-state index contributed by atoms with van der Waals surface area (Å²) in [5.74, 6) is 0.0546. The number of nitrogens with one attached hydrogen (secondary N) is 1. The van der Waals surface area contributed by atoms with E-state index in [1.54, 1.807) is 12.1 Å². The van der Waals surface area contributed by atoms with Crippen LogP contribution in [0.3, 0.4) is 0 Å². The molecule has 4 rings (SSSR count). The highest BCUT2D eigenvalue weighted by Crippen LogP contribution is 2.33. The maximum absolute atomic E-state index is 13.5. The zero-order chi connectivity index (χ0) is 23.5. The van der Waals surface area contributed by atoms with Gasteiger partial charge in [0.2, 0.25) is 0 Å². The third-order valence-corrected chi connectivity index (χ3v) is 5.76. The highest BCUT2D eigenvalue weighted by atomic mass is 35.5. The van der Waals surface area contributed by atoms with E-state index in [4.69, 9.17) is 16.3 Å². The molecule has 0 unspecified atom stereocenters. The van der Waals surface area contributed by atoms with Crippen molar-refractivity contribution >= 4 is 34.7 Å². The Hall–Kier alpha value is -3.57. The molecule has 0 atom stereocenters. The van der Waals surface area contributed by atoms with Gasteiger partial charge in [0.15, 0.2) is 0 Å². The molecule has 0 aromatic heterocycles. The van der Waals surface area contributed by atoms with Crippen molar-refractivity contribution in [3.8, 4) is 5.75 Å². The van der Waals surface area contributed by atoms with Crippen LogP contribution in [0.1, 0.15) is 29.2 Å². The molecule has 6 heteroatoms. The molecular formula is C27H25ClN2O3. The van der Waals surface area contributed by atoms with E-state index in [-0.39, 0.29) is 24.1 Å². The molecule has 0 radical (unpaired) electrons. The first kappa shape index (κ1) is 22.6. The quantitative estimate of drug-likeness (QED) is 0.456. The van der Waals surface area contributed by atoms with E-state index in [9.17, 15) is 9.59 Å². The fourth-order valence-corrected chi connectivity index (χ4v) is 4.02. The molecule has 3 aromatic carbocycles. The number of hydrogen-bond acceptors (Lipinski definition) is 4. The number of hydrogen-bond donors (Lipinski definition) is 1. The first-order valence-electron chi connectivity index (χ1n) is 10.8. The number of imide groups is 1. The average molecular weight is 461 g/mol. The Morgan fingerprint density at radius 2 is 1.61 bits per heavy atom. The molecule has 0 saturated carbocycles. The highest BCUT2D eigenvalue weighted by Gasteiger charge is 2.39. The lowest BCUT2D eigenvalue weighted by atomic mass is 9.97. The second kappa shape index (κ2) is 9.51. The largest absolute Gasteiger partial charge is 0.494 e. The fraction of sp³-hybridized carbons (Fsp3) is 0.185. The average Bonchev–Trinajstić information content (AvgIpc) is 3.01. The van der Waals surface area contributed by atoms with Gasteiger partial charge in [-0.2, -0.15) is 0 Å². The van der Waals surface area contributed by atoms with Crippen LogP contribution in [0.4, 0.5) is 5.69 Å². The van der Waals surface area contributed by atoms with Gasteiger partial charge >= 0.3 is 0 Å². The number of nitrogens with zero attached hydrogens (tertiary/aromatic N) is 1. The van der Waals surface area contributed by atoms with Crippen LogP contribution in [-0.2, 0) is 16.1 Å². The minimum Gasteiger partial charge on any atom is -0.494 e. The van der Waals surface area contributed by atoms with E-state index in [0.29, 0.717) is 22.9 Å². The molecule has 0 aliphatic carbocycles. The molecule has 33 heavy (non-hydrogen) atoms. The molecule has 0 spiro atoms.